The second kappa shape index (κ2) is 13.2. The van der Waals surface area contributed by atoms with Gasteiger partial charge in [-0.3, -0.25) is 18.7 Å². The Morgan fingerprint density at radius 1 is 0.927 bits per heavy atom. The van der Waals surface area contributed by atoms with Crippen molar-refractivity contribution in [3.8, 4) is 11.3 Å². The van der Waals surface area contributed by atoms with E-state index in [4.69, 9.17) is 24.0 Å². The fourth-order valence-electron chi connectivity index (χ4n) is 3.45. The topological polar surface area (TPSA) is 183 Å². The highest BCUT2D eigenvalue weighted by Gasteiger charge is 2.37. The van der Waals surface area contributed by atoms with Gasteiger partial charge in [0.15, 0.2) is 17.7 Å². The summed E-state index contributed by atoms with van der Waals surface area (Å²) in [5, 5.41) is 10.2. The van der Waals surface area contributed by atoms with Gasteiger partial charge in [0.05, 0.1) is 12.4 Å². The maximum absolute atomic E-state index is 11.2. The van der Waals surface area contributed by atoms with Crippen LogP contribution < -0.4 is 0 Å². The number of nitrogens with zero attached hydrogens (tertiary/aromatic N) is 4. The van der Waals surface area contributed by atoms with E-state index in [-0.39, 0.29) is 6.42 Å². The number of esters is 2. The van der Waals surface area contributed by atoms with Crippen molar-refractivity contribution in [2.24, 2.45) is 0 Å². The molecule has 0 saturated heterocycles. The van der Waals surface area contributed by atoms with Crippen LogP contribution in [0.25, 0.3) is 22.4 Å². The Morgan fingerprint density at radius 3 is 1.93 bits per heavy atom. The van der Waals surface area contributed by atoms with Crippen LogP contribution in [-0.2, 0) is 34.1 Å². The summed E-state index contributed by atoms with van der Waals surface area (Å²) in [6.07, 6.45) is 0.507. The minimum atomic E-state index is -4.42. The fourth-order valence-corrected chi connectivity index (χ4v) is 3.88. The molecule has 41 heavy (non-hydrogen) atoms. The van der Waals surface area contributed by atoms with Crippen molar-refractivity contribution < 1.29 is 43.3 Å². The van der Waals surface area contributed by atoms with Gasteiger partial charge in [-0.1, -0.05) is 30.3 Å². The number of hydrogen-bond donors (Lipinski definition) is 3. The zero-order chi connectivity index (χ0) is 31.2. The van der Waals surface area contributed by atoms with Crippen LogP contribution in [0, 0.1) is 0 Å². The monoisotopic (exact) mass is 594 g/mol. The van der Waals surface area contributed by atoms with Gasteiger partial charge >= 0.3 is 19.5 Å². The molecule has 2 aromatic heterocycles. The van der Waals surface area contributed by atoms with E-state index in [0.29, 0.717) is 16.9 Å². The molecular formula is C27H39N4O9P. The number of carbonyl (C=O) groups is 2. The van der Waals surface area contributed by atoms with Crippen LogP contribution in [0.1, 0.15) is 61.8 Å². The minimum Gasteiger partial charge on any atom is -0.460 e. The summed E-state index contributed by atoms with van der Waals surface area (Å²) in [7, 11) is -4.42. The van der Waals surface area contributed by atoms with Crippen LogP contribution in [0.5, 0.6) is 0 Å². The van der Waals surface area contributed by atoms with Crippen molar-refractivity contribution in [3.05, 3.63) is 43.0 Å². The minimum absolute atomic E-state index is 0.339. The van der Waals surface area contributed by atoms with E-state index in [1.165, 1.54) is 31.1 Å². The molecule has 14 heteroatoms. The Morgan fingerprint density at radius 2 is 1.46 bits per heavy atom. The predicted molar refractivity (Wildman–Crippen MR) is 150 cm³/mol. The maximum atomic E-state index is 11.2. The molecule has 0 amide bonds. The first-order valence-electron chi connectivity index (χ1n) is 12.8. The summed E-state index contributed by atoms with van der Waals surface area (Å²) in [5.41, 5.74) is -0.285. The van der Waals surface area contributed by atoms with Gasteiger partial charge in [-0.05, 0) is 55.4 Å². The highest BCUT2D eigenvalue weighted by Crippen LogP contribution is 2.38. The first-order valence-corrected chi connectivity index (χ1v) is 14.6. The molecule has 226 valence electrons. The Kier molecular flexibility index (Phi) is 10.9. The zero-order valence-corrected chi connectivity index (χ0v) is 25.5. The van der Waals surface area contributed by atoms with E-state index in [1.54, 1.807) is 41.5 Å². The molecule has 2 atom stereocenters. The number of imidazole rings is 1. The van der Waals surface area contributed by atoms with Crippen molar-refractivity contribution in [1.82, 2.24) is 19.5 Å². The molecule has 0 radical (unpaired) electrons. The number of rotatable bonds is 8. The van der Waals surface area contributed by atoms with Gasteiger partial charge in [0.25, 0.3) is 0 Å². The Hall–Kier alpha value is -3.22. The van der Waals surface area contributed by atoms with E-state index in [9.17, 15) is 19.3 Å². The average Bonchev–Trinajstić information content (AvgIpc) is 3.25. The van der Waals surface area contributed by atoms with Crippen LogP contribution in [0.3, 0.4) is 0 Å². The van der Waals surface area contributed by atoms with Crippen molar-refractivity contribution in [3.63, 3.8) is 0 Å². The number of aromatic nitrogens is 4. The third-order valence-electron chi connectivity index (χ3n) is 5.29. The van der Waals surface area contributed by atoms with Gasteiger partial charge in [0, 0.05) is 5.56 Å². The van der Waals surface area contributed by atoms with E-state index in [1.807, 2.05) is 30.3 Å². The van der Waals surface area contributed by atoms with Crippen molar-refractivity contribution in [2.75, 3.05) is 6.35 Å². The van der Waals surface area contributed by atoms with Crippen LogP contribution in [0.4, 0.5) is 0 Å². The summed E-state index contributed by atoms with van der Waals surface area (Å²) in [5.74, 6) is -1.12. The molecule has 0 aliphatic carbocycles. The summed E-state index contributed by atoms with van der Waals surface area (Å²) in [6, 6.07) is 9.42. The lowest BCUT2D eigenvalue weighted by molar-refractivity contribution is -0.166. The molecule has 3 rings (SSSR count). The van der Waals surface area contributed by atoms with E-state index in [2.05, 4.69) is 15.0 Å². The van der Waals surface area contributed by atoms with Gasteiger partial charge in [0.2, 0.25) is 0 Å². The quantitative estimate of drug-likeness (QED) is 0.195. The largest absolute Gasteiger partial charge is 0.460 e. The van der Waals surface area contributed by atoms with Crippen LogP contribution >= 0.6 is 7.60 Å². The molecule has 0 aliphatic rings. The van der Waals surface area contributed by atoms with Crippen LogP contribution in [-0.4, -0.2) is 70.0 Å². The average molecular weight is 595 g/mol. The van der Waals surface area contributed by atoms with Gasteiger partial charge in [-0.25, -0.2) is 15.0 Å². The van der Waals surface area contributed by atoms with Gasteiger partial charge in [-0.15, -0.1) is 0 Å². The standard InChI is InChI=1S/C16H19N4O5P.C11H20O4/c1-11(21)16(2,25-10-26(22,23)24)20-9-19-14-13(17-8-18-15(14)20)12-6-4-3-5-7-12;1-10(2,3)14-8(12)7-9(13)15-11(4,5)6/h3-9,11,21H,10H2,1-2H3,(H2,22,23,24);7H2,1-6H3. The summed E-state index contributed by atoms with van der Waals surface area (Å²) in [4.78, 5) is 53.6. The maximum Gasteiger partial charge on any atom is 0.351 e. The molecule has 2 unspecified atom stereocenters. The number of ether oxygens (including phenoxy) is 3. The zero-order valence-electron chi connectivity index (χ0n) is 24.6. The normalized spacial score (nSPS) is 14.4. The number of benzene rings is 1. The molecule has 13 nitrogen and oxygen atoms in total. The van der Waals surface area contributed by atoms with Crippen molar-refractivity contribution >= 4 is 30.7 Å². The molecule has 3 aromatic rings. The number of aliphatic hydroxyl groups is 1. The molecule has 0 spiro atoms. The van der Waals surface area contributed by atoms with Crippen LogP contribution in [0.2, 0.25) is 0 Å². The fraction of sp³-hybridized carbons (Fsp3) is 0.519. The number of fused-ring (bicyclic) bond motifs is 1. The lowest BCUT2D eigenvalue weighted by atomic mass is 10.1. The second-order valence-corrected chi connectivity index (χ2v) is 13.0. The molecular weight excluding hydrogens is 555 g/mol. The first kappa shape index (κ1) is 34.0. The van der Waals surface area contributed by atoms with Gasteiger partial charge < -0.3 is 29.1 Å². The first-order chi connectivity index (χ1) is 18.7. The predicted octanol–water partition coefficient (Wildman–Crippen LogP) is 3.76. The molecule has 0 aliphatic heterocycles. The number of hydrogen-bond acceptors (Lipinski definition) is 10. The van der Waals surface area contributed by atoms with Gasteiger partial charge in [-0.2, -0.15) is 0 Å². The number of aliphatic hydroxyl groups excluding tert-OH is 1. The second-order valence-electron chi connectivity index (χ2n) is 11.4. The molecule has 0 bridgehead atoms. The highest BCUT2D eigenvalue weighted by molar-refractivity contribution is 7.51. The van der Waals surface area contributed by atoms with Crippen LogP contribution in [0.15, 0.2) is 43.0 Å². The highest BCUT2D eigenvalue weighted by atomic mass is 31.2. The van der Waals surface area contributed by atoms with E-state index < -0.39 is 48.9 Å². The van der Waals surface area contributed by atoms with E-state index in [0.717, 1.165) is 5.56 Å². The SMILES string of the molecule is CC(C)(C)OC(=O)CC(=O)OC(C)(C)C.CC(O)C(C)(OCP(=O)(O)O)n1cnc2c(-c3ccccc3)ncnc21. The van der Waals surface area contributed by atoms with Crippen molar-refractivity contribution in [2.45, 2.75) is 84.8 Å². The molecule has 3 N–H and O–H groups in total. The summed E-state index contributed by atoms with van der Waals surface area (Å²) < 4.78 is 28.0. The molecule has 2 heterocycles. The van der Waals surface area contributed by atoms with Crippen molar-refractivity contribution in [1.29, 1.82) is 0 Å². The molecule has 0 saturated carbocycles. The lowest BCUT2D eigenvalue weighted by Gasteiger charge is -2.34. The third kappa shape index (κ3) is 10.6. The van der Waals surface area contributed by atoms with Gasteiger partial charge in [0.1, 0.15) is 35.2 Å². The Labute approximate surface area is 239 Å². The Balaban J connectivity index is 0.000000337. The lowest BCUT2D eigenvalue weighted by Crippen LogP contribution is -2.43. The smallest absolute Gasteiger partial charge is 0.351 e. The summed E-state index contributed by atoms with van der Waals surface area (Å²) in [6.45, 7) is 13.5. The number of carbonyl (C=O) groups excluding carboxylic acids is 2. The third-order valence-corrected chi connectivity index (χ3v) is 5.75. The molecule has 0 fully saturated rings. The molecule has 1 aromatic carbocycles. The summed E-state index contributed by atoms with van der Waals surface area (Å²) >= 11 is 0. The Bertz CT molecular complexity index is 1350. The van der Waals surface area contributed by atoms with E-state index >= 15 is 0 Å².